The lowest BCUT2D eigenvalue weighted by Crippen LogP contribution is -2.61. The van der Waals surface area contributed by atoms with E-state index in [1.54, 1.807) is 0 Å². The molecule has 3 aliphatic rings. The van der Waals surface area contributed by atoms with E-state index in [-0.39, 0.29) is 42.2 Å². The highest BCUT2D eigenvalue weighted by molar-refractivity contribution is 5.33. The second kappa shape index (κ2) is 10.7. The van der Waals surface area contributed by atoms with Crippen LogP contribution in [0.15, 0.2) is 78.9 Å². The summed E-state index contributed by atoms with van der Waals surface area (Å²) < 4.78 is 86.7. The zero-order valence-corrected chi connectivity index (χ0v) is 20.7. The number of ether oxygens (including phenoxy) is 1. The first-order valence-electron chi connectivity index (χ1n) is 12.8. The van der Waals surface area contributed by atoms with E-state index in [9.17, 15) is 26.3 Å². The topological polar surface area (TPSA) is 12.5 Å². The van der Waals surface area contributed by atoms with Crippen molar-refractivity contribution in [3.8, 4) is 0 Å². The molecule has 2 bridgehead atoms. The molecule has 2 nitrogen and oxygen atoms in total. The Bertz CT molecular complexity index is 1170. The molecule has 38 heavy (non-hydrogen) atoms. The van der Waals surface area contributed by atoms with Crippen LogP contribution in [0.4, 0.5) is 26.3 Å². The van der Waals surface area contributed by atoms with Crippen molar-refractivity contribution in [2.24, 2.45) is 5.92 Å². The van der Waals surface area contributed by atoms with Gasteiger partial charge in [0.05, 0.1) is 23.8 Å². The Balaban J connectivity index is 1.46. The third-order valence-electron chi connectivity index (χ3n) is 7.83. The summed E-state index contributed by atoms with van der Waals surface area (Å²) in [6.07, 6.45) is -7.55. The first-order chi connectivity index (χ1) is 18.1. The maximum atomic E-state index is 13.4. The summed E-state index contributed by atoms with van der Waals surface area (Å²) in [5.41, 5.74) is -0.455. The van der Waals surface area contributed by atoms with Gasteiger partial charge in [0, 0.05) is 12.0 Å². The fourth-order valence-electron chi connectivity index (χ4n) is 6.05. The number of piperidine rings is 3. The molecule has 3 heterocycles. The molecule has 3 unspecified atom stereocenters. The van der Waals surface area contributed by atoms with Gasteiger partial charge in [-0.2, -0.15) is 26.3 Å². The van der Waals surface area contributed by atoms with Crippen LogP contribution >= 0.6 is 0 Å². The molecular formula is C30H29F6NO. The SMILES string of the molecule is FC(F)(F)c1cc(COC2C3CCN(CC3)C2C(Cc2ccccc2)c2ccccc2)cc(C(F)(F)F)c1. The van der Waals surface area contributed by atoms with Crippen LogP contribution < -0.4 is 0 Å². The van der Waals surface area contributed by atoms with Crippen molar-refractivity contribution in [1.82, 2.24) is 4.90 Å². The summed E-state index contributed by atoms with van der Waals surface area (Å²) in [6, 6.07) is 21.8. The molecule has 0 aliphatic carbocycles. The quantitative estimate of drug-likeness (QED) is 0.288. The van der Waals surface area contributed by atoms with Gasteiger partial charge >= 0.3 is 12.4 Å². The number of halogens is 6. The zero-order valence-electron chi connectivity index (χ0n) is 20.7. The van der Waals surface area contributed by atoms with E-state index < -0.39 is 23.5 Å². The molecule has 3 aromatic rings. The number of fused-ring (bicyclic) bond motifs is 3. The lowest BCUT2D eigenvalue weighted by Gasteiger charge is -2.53. The molecule has 3 saturated heterocycles. The molecule has 3 aromatic carbocycles. The minimum absolute atomic E-state index is 0.0435. The van der Waals surface area contributed by atoms with Crippen LogP contribution in [0.25, 0.3) is 0 Å². The summed E-state index contributed by atoms with van der Waals surface area (Å²) in [4.78, 5) is 2.39. The van der Waals surface area contributed by atoms with Crippen LogP contribution in [-0.4, -0.2) is 30.1 Å². The Hall–Kier alpha value is -2.84. The van der Waals surface area contributed by atoms with Crippen LogP contribution in [0.5, 0.6) is 0 Å². The zero-order chi connectivity index (χ0) is 26.9. The number of alkyl halides is 6. The van der Waals surface area contributed by atoms with Crippen molar-refractivity contribution in [3.05, 3.63) is 107 Å². The van der Waals surface area contributed by atoms with Gasteiger partial charge in [-0.1, -0.05) is 60.7 Å². The Morgan fingerprint density at radius 1 is 0.737 bits per heavy atom. The standard InChI is InChI=1S/C30H29F6NO/c31-29(32,33)24-15-21(16-25(18-24)30(34,35)36)19-38-28-23-11-13-37(14-12-23)27(28)26(22-9-5-2-6-10-22)17-20-7-3-1-4-8-20/h1-10,15-16,18,23,26-28H,11-14,17,19H2. The smallest absolute Gasteiger partial charge is 0.372 e. The molecule has 6 rings (SSSR count). The van der Waals surface area contributed by atoms with Crippen molar-refractivity contribution in [3.63, 3.8) is 0 Å². The molecule has 0 aromatic heterocycles. The minimum atomic E-state index is -4.89. The van der Waals surface area contributed by atoms with Gasteiger partial charge in [0.25, 0.3) is 0 Å². The highest BCUT2D eigenvalue weighted by Crippen LogP contribution is 2.43. The van der Waals surface area contributed by atoms with Crippen LogP contribution in [0.2, 0.25) is 0 Å². The molecule has 0 spiro atoms. The third-order valence-corrected chi connectivity index (χ3v) is 7.83. The normalized spacial score (nSPS) is 24.4. The summed E-state index contributed by atoms with van der Waals surface area (Å²) in [5, 5.41) is 0. The van der Waals surface area contributed by atoms with E-state index in [0.29, 0.717) is 0 Å². The van der Waals surface area contributed by atoms with Crippen molar-refractivity contribution < 1.29 is 31.1 Å². The summed E-state index contributed by atoms with van der Waals surface area (Å²) in [7, 11) is 0. The number of benzene rings is 3. The third kappa shape index (κ3) is 5.91. The maximum absolute atomic E-state index is 13.4. The number of rotatable bonds is 7. The highest BCUT2D eigenvalue weighted by atomic mass is 19.4. The van der Waals surface area contributed by atoms with Gasteiger partial charge in [0.1, 0.15) is 0 Å². The maximum Gasteiger partial charge on any atom is 0.416 e. The second-order valence-corrected chi connectivity index (χ2v) is 10.3. The predicted molar refractivity (Wildman–Crippen MR) is 132 cm³/mol. The first kappa shape index (κ1) is 26.8. The Morgan fingerprint density at radius 2 is 1.29 bits per heavy atom. The van der Waals surface area contributed by atoms with Crippen molar-refractivity contribution in [2.45, 2.75) is 56.3 Å². The van der Waals surface area contributed by atoms with Crippen LogP contribution in [0.3, 0.4) is 0 Å². The fraction of sp³-hybridized carbons (Fsp3) is 0.400. The van der Waals surface area contributed by atoms with Gasteiger partial charge < -0.3 is 4.74 Å². The van der Waals surface area contributed by atoms with Gasteiger partial charge in [-0.3, -0.25) is 4.90 Å². The number of nitrogens with zero attached hydrogens (tertiary/aromatic N) is 1. The lowest BCUT2D eigenvalue weighted by atomic mass is 9.72. The van der Waals surface area contributed by atoms with Gasteiger partial charge in [0.2, 0.25) is 0 Å². The lowest BCUT2D eigenvalue weighted by molar-refractivity contribution is -0.143. The average Bonchev–Trinajstić information content (AvgIpc) is 2.91. The molecule has 0 radical (unpaired) electrons. The minimum Gasteiger partial charge on any atom is -0.372 e. The molecule has 3 atom stereocenters. The molecule has 8 heteroatoms. The molecular weight excluding hydrogens is 504 g/mol. The largest absolute Gasteiger partial charge is 0.416 e. The predicted octanol–water partition coefficient (Wildman–Crippen LogP) is 7.73. The Morgan fingerprint density at radius 3 is 1.84 bits per heavy atom. The summed E-state index contributed by atoms with van der Waals surface area (Å²) >= 11 is 0. The number of hydrogen-bond acceptors (Lipinski definition) is 2. The molecule has 0 amide bonds. The highest BCUT2D eigenvalue weighted by Gasteiger charge is 2.47. The monoisotopic (exact) mass is 533 g/mol. The Kier molecular flexibility index (Phi) is 7.56. The second-order valence-electron chi connectivity index (χ2n) is 10.3. The van der Waals surface area contributed by atoms with E-state index in [1.165, 1.54) is 0 Å². The first-order valence-corrected chi connectivity index (χ1v) is 12.8. The molecule has 3 fully saturated rings. The van der Waals surface area contributed by atoms with Gasteiger partial charge in [-0.25, -0.2) is 0 Å². The van der Waals surface area contributed by atoms with Gasteiger partial charge in [-0.15, -0.1) is 0 Å². The van der Waals surface area contributed by atoms with E-state index in [2.05, 4.69) is 29.2 Å². The summed E-state index contributed by atoms with van der Waals surface area (Å²) in [6.45, 7) is 1.48. The molecule has 202 valence electrons. The van der Waals surface area contributed by atoms with E-state index in [0.717, 1.165) is 55.6 Å². The number of hydrogen-bond donors (Lipinski definition) is 0. The summed E-state index contributed by atoms with van der Waals surface area (Å²) in [5.74, 6) is 0.249. The van der Waals surface area contributed by atoms with E-state index in [1.807, 2.05) is 36.4 Å². The van der Waals surface area contributed by atoms with Crippen LogP contribution in [0, 0.1) is 5.92 Å². The van der Waals surface area contributed by atoms with E-state index >= 15 is 0 Å². The van der Waals surface area contributed by atoms with Crippen molar-refractivity contribution >= 4 is 0 Å². The Labute approximate surface area is 218 Å². The fourth-order valence-corrected chi connectivity index (χ4v) is 6.05. The van der Waals surface area contributed by atoms with Gasteiger partial charge in [0.15, 0.2) is 0 Å². The molecule has 0 saturated carbocycles. The van der Waals surface area contributed by atoms with Crippen molar-refractivity contribution in [1.29, 1.82) is 0 Å². The molecule has 3 aliphatic heterocycles. The van der Waals surface area contributed by atoms with Crippen LogP contribution in [0.1, 0.15) is 46.6 Å². The van der Waals surface area contributed by atoms with Crippen LogP contribution in [-0.2, 0) is 30.1 Å². The molecule has 0 N–H and O–H groups in total. The van der Waals surface area contributed by atoms with Gasteiger partial charge in [-0.05, 0) is 73.2 Å². The average molecular weight is 534 g/mol. The van der Waals surface area contributed by atoms with E-state index in [4.69, 9.17) is 4.74 Å². The van der Waals surface area contributed by atoms with Crippen molar-refractivity contribution in [2.75, 3.05) is 13.1 Å².